The maximum absolute atomic E-state index is 6.36. The first-order valence-corrected chi connectivity index (χ1v) is 10.9. The SMILES string of the molecule is NNC(NN)c1ccc(Cn2ccc3c(Sc4ccc(Cl)cc4Cl)cccc32)cc1. The lowest BCUT2D eigenvalue weighted by Gasteiger charge is -2.15. The normalized spacial score (nSPS) is 11.5. The molecule has 0 spiro atoms. The zero-order chi connectivity index (χ0) is 21.1. The van der Waals surface area contributed by atoms with E-state index in [1.165, 1.54) is 16.5 Å². The Bertz CT molecular complexity index is 1160. The molecule has 6 N–H and O–H groups in total. The average Bonchev–Trinajstić information content (AvgIpc) is 3.16. The van der Waals surface area contributed by atoms with Gasteiger partial charge in [-0.3, -0.25) is 11.7 Å². The van der Waals surface area contributed by atoms with E-state index in [1.807, 2.05) is 24.3 Å². The van der Waals surface area contributed by atoms with Crippen LogP contribution in [0.3, 0.4) is 0 Å². The molecule has 154 valence electrons. The predicted octanol–water partition coefficient (Wildman–Crippen LogP) is 5.07. The van der Waals surface area contributed by atoms with Crippen LogP contribution in [0.1, 0.15) is 17.3 Å². The summed E-state index contributed by atoms with van der Waals surface area (Å²) in [6.07, 6.45) is 1.82. The first kappa shape index (κ1) is 21.2. The lowest BCUT2D eigenvalue weighted by molar-refractivity contribution is 0.461. The van der Waals surface area contributed by atoms with Crippen LogP contribution < -0.4 is 22.5 Å². The number of rotatable bonds is 7. The molecule has 0 saturated carbocycles. The molecule has 0 bridgehead atoms. The molecule has 5 nitrogen and oxygen atoms in total. The zero-order valence-electron chi connectivity index (χ0n) is 16.0. The summed E-state index contributed by atoms with van der Waals surface area (Å²) in [4.78, 5) is 2.13. The van der Waals surface area contributed by atoms with Crippen LogP contribution in [0.25, 0.3) is 10.9 Å². The second-order valence-electron chi connectivity index (χ2n) is 6.82. The van der Waals surface area contributed by atoms with E-state index in [-0.39, 0.29) is 6.17 Å². The van der Waals surface area contributed by atoms with Crippen molar-refractivity contribution >= 4 is 45.9 Å². The third-order valence-corrected chi connectivity index (χ3v) is 6.70. The first-order chi connectivity index (χ1) is 14.6. The van der Waals surface area contributed by atoms with Gasteiger partial charge in [-0.15, -0.1) is 0 Å². The number of aromatic nitrogens is 1. The molecule has 0 unspecified atom stereocenters. The standard InChI is InChI=1S/C22H21Cl2N5S/c23-16-8-9-21(18(24)12-16)30-20-3-1-2-19-17(20)10-11-29(19)13-14-4-6-15(7-5-14)22(27-25)28-26/h1-12,22,27-28H,13,25-26H2. The van der Waals surface area contributed by atoms with Gasteiger partial charge in [0.15, 0.2) is 0 Å². The number of benzene rings is 3. The third kappa shape index (κ3) is 4.50. The van der Waals surface area contributed by atoms with E-state index in [0.29, 0.717) is 10.0 Å². The molecule has 0 atom stereocenters. The molecule has 0 aliphatic carbocycles. The Kier molecular flexibility index (Phi) is 6.65. The summed E-state index contributed by atoms with van der Waals surface area (Å²) < 4.78 is 2.23. The highest BCUT2D eigenvalue weighted by Gasteiger charge is 2.11. The van der Waals surface area contributed by atoms with E-state index in [9.17, 15) is 0 Å². The topological polar surface area (TPSA) is 81.0 Å². The van der Waals surface area contributed by atoms with Crippen molar-refractivity contribution < 1.29 is 0 Å². The number of nitrogens with zero attached hydrogens (tertiary/aromatic N) is 1. The largest absolute Gasteiger partial charge is 0.343 e. The molecule has 0 aliphatic rings. The molecular weight excluding hydrogens is 437 g/mol. The molecule has 0 amide bonds. The van der Waals surface area contributed by atoms with Crippen molar-refractivity contribution in [1.82, 2.24) is 15.4 Å². The minimum absolute atomic E-state index is 0.286. The molecule has 3 aromatic carbocycles. The Morgan fingerprint density at radius 3 is 2.37 bits per heavy atom. The molecule has 0 aliphatic heterocycles. The van der Waals surface area contributed by atoms with Crippen LogP contribution in [0.4, 0.5) is 0 Å². The molecule has 8 heteroatoms. The number of fused-ring (bicyclic) bond motifs is 1. The lowest BCUT2D eigenvalue weighted by Crippen LogP contribution is -2.41. The number of hydrogen-bond acceptors (Lipinski definition) is 5. The van der Waals surface area contributed by atoms with Gasteiger partial charge >= 0.3 is 0 Å². The van der Waals surface area contributed by atoms with E-state index in [2.05, 4.69) is 58.0 Å². The highest BCUT2D eigenvalue weighted by molar-refractivity contribution is 7.99. The van der Waals surface area contributed by atoms with Crippen LogP contribution in [0, 0.1) is 0 Å². The first-order valence-electron chi connectivity index (χ1n) is 9.31. The third-order valence-electron chi connectivity index (χ3n) is 4.89. The van der Waals surface area contributed by atoms with Gasteiger partial charge in [-0.1, -0.05) is 65.3 Å². The molecule has 1 aromatic heterocycles. The van der Waals surface area contributed by atoms with E-state index >= 15 is 0 Å². The van der Waals surface area contributed by atoms with Gasteiger partial charge in [-0.2, -0.15) is 0 Å². The summed E-state index contributed by atoms with van der Waals surface area (Å²) in [5.74, 6) is 11.0. The fourth-order valence-electron chi connectivity index (χ4n) is 3.35. The Morgan fingerprint density at radius 1 is 0.900 bits per heavy atom. The monoisotopic (exact) mass is 457 g/mol. The highest BCUT2D eigenvalue weighted by Crippen LogP contribution is 2.38. The van der Waals surface area contributed by atoms with Crippen LogP contribution in [0.2, 0.25) is 10.0 Å². The molecule has 0 saturated heterocycles. The average molecular weight is 458 g/mol. The van der Waals surface area contributed by atoms with E-state index < -0.39 is 0 Å². The lowest BCUT2D eigenvalue weighted by atomic mass is 10.1. The molecule has 0 radical (unpaired) electrons. The smallest absolute Gasteiger partial charge is 0.108 e. The van der Waals surface area contributed by atoms with Crippen molar-refractivity contribution in [3.8, 4) is 0 Å². The zero-order valence-corrected chi connectivity index (χ0v) is 18.3. The van der Waals surface area contributed by atoms with Gasteiger partial charge in [0.1, 0.15) is 6.17 Å². The van der Waals surface area contributed by atoms with Gasteiger partial charge in [-0.25, -0.2) is 10.9 Å². The van der Waals surface area contributed by atoms with Crippen LogP contribution in [0.5, 0.6) is 0 Å². The summed E-state index contributed by atoms with van der Waals surface area (Å²) in [5, 5.41) is 2.47. The second-order valence-corrected chi connectivity index (χ2v) is 8.74. The minimum Gasteiger partial charge on any atom is -0.343 e. The van der Waals surface area contributed by atoms with E-state index in [0.717, 1.165) is 21.9 Å². The molecule has 0 fully saturated rings. The number of hydrogen-bond donors (Lipinski definition) is 4. The maximum Gasteiger partial charge on any atom is 0.108 e. The minimum atomic E-state index is -0.286. The fourth-order valence-corrected chi connectivity index (χ4v) is 4.83. The summed E-state index contributed by atoms with van der Waals surface area (Å²) in [6, 6.07) is 22.2. The predicted molar refractivity (Wildman–Crippen MR) is 125 cm³/mol. The van der Waals surface area contributed by atoms with Crippen molar-refractivity contribution in [2.24, 2.45) is 11.7 Å². The van der Waals surface area contributed by atoms with Gasteiger partial charge in [0.25, 0.3) is 0 Å². The summed E-state index contributed by atoms with van der Waals surface area (Å²) >= 11 is 14.0. The van der Waals surface area contributed by atoms with Crippen molar-refractivity contribution in [3.63, 3.8) is 0 Å². The van der Waals surface area contributed by atoms with Crippen LogP contribution in [-0.2, 0) is 6.54 Å². The van der Waals surface area contributed by atoms with E-state index in [4.69, 9.17) is 34.9 Å². The maximum atomic E-state index is 6.36. The molecular formula is C22H21Cl2N5S. The summed E-state index contributed by atoms with van der Waals surface area (Å²) in [6.45, 7) is 0.760. The number of halogens is 2. The van der Waals surface area contributed by atoms with Crippen molar-refractivity contribution in [2.45, 2.75) is 22.5 Å². The van der Waals surface area contributed by atoms with Gasteiger partial charge in [-0.05, 0) is 47.5 Å². The van der Waals surface area contributed by atoms with Crippen molar-refractivity contribution in [1.29, 1.82) is 0 Å². The van der Waals surface area contributed by atoms with Crippen LogP contribution in [0.15, 0.2) is 82.7 Å². The molecule has 1 heterocycles. The highest BCUT2D eigenvalue weighted by atomic mass is 35.5. The summed E-state index contributed by atoms with van der Waals surface area (Å²) in [5.41, 5.74) is 8.58. The number of nitrogens with one attached hydrogen (secondary N) is 2. The Balaban J connectivity index is 1.59. The van der Waals surface area contributed by atoms with Crippen molar-refractivity contribution in [3.05, 3.63) is 94.1 Å². The van der Waals surface area contributed by atoms with Gasteiger partial charge in [0, 0.05) is 38.5 Å². The van der Waals surface area contributed by atoms with Crippen molar-refractivity contribution in [2.75, 3.05) is 0 Å². The van der Waals surface area contributed by atoms with Gasteiger partial charge in [0.05, 0.1) is 5.02 Å². The fraction of sp³-hybridized carbons (Fsp3) is 0.0909. The van der Waals surface area contributed by atoms with Crippen LogP contribution >= 0.6 is 35.0 Å². The Labute approximate surface area is 189 Å². The number of hydrazine groups is 2. The molecule has 4 rings (SSSR count). The van der Waals surface area contributed by atoms with Crippen LogP contribution in [-0.4, -0.2) is 4.57 Å². The molecule has 4 aromatic rings. The van der Waals surface area contributed by atoms with Gasteiger partial charge < -0.3 is 4.57 Å². The Morgan fingerprint density at radius 2 is 1.67 bits per heavy atom. The van der Waals surface area contributed by atoms with Gasteiger partial charge in [0.2, 0.25) is 0 Å². The quantitative estimate of drug-likeness (QED) is 0.177. The van der Waals surface area contributed by atoms with E-state index in [1.54, 1.807) is 17.8 Å². The second kappa shape index (κ2) is 9.41. The molecule has 30 heavy (non-hydrogen) atoms. The summed E-state index contributed by atoms with van der Waals surface area (Å²) in [7, 11) is 0. The number of nitrogens with two attached hydrogens (primary N) is 2. The Hall–Kier alpha value is -2.03.